The summed E-state index contributed by atoms with van der Waals surface area (Å²) in [6.45, 7) is 2.88. The Morgan fingerprint density at radius 2 is 2.40 bits per heavy atom. The first kappa shape index (κ1) is 14.5. The molecule has 1 aromatic rings. The van der Waals surface area contributed by atoms with E-state index in [-0.39, 0.29) is 11.8 Å². The molecule has 0 aliphatic carbocycles. The summed E-state index contributed by atoms with van der Waals surface area (Å²) in [7, 11) is 3.32. The van der Waals surface area contributed by atoms with Crippen molar-refractivity contribution >= 4 is 11.4 Å². The van der Waals surface area contributed by atoms with Crippen molar-refractivity contribution in [2.45, 2.75) is 6.10 Å². The summed E-state index contributed by atoms with van der Waals surface area (Å²) in [6.07, 6.45) is 0.0375. The minimum atomic E-state index is -0.395. The highest BCUT2D eigenvalue weighted by molar-refractivity contribution is 5.65. The van der Waals surface area contributed by atoms with Crippen molar-refractivity contribution in [2.24, 2.45) is 0 Å². The number of anilines is 1. The van der Waals surface area contributed by atoms with Crippen LogP contribution in [-0.2, 0) is 4.74 Å². The second kappa shape index (κ2) is 6.53. The average Bonchev–Trinajstić information content (AvgIpc) is 2.47. The second-order valence-electron chi connectivity index (χ2n) is 4.69. The van der Waals surface area contributed by atoms with Gasteiger partial charge in [0.2, 0.25) is 0 Å². The van der Waals surface area contributed by atoms with Gasteiger partial charge >= 0.3 is 0 Å². The van der Waals surface area contributed by atoms with E-state index in [4.69, 9.17) is 9.47 Å². The molecule has 110 valence electrons. The van der Waals surface area contributed by atoms with Crippen LogP contribution >= 0.6 is 0 Å². The van der Waals surface area contributed by atoms with E-state index in [9.17, 15) is 10.1 Å². The molecule has 7 nitrogen and oxygen atoms in total. The summed E-state index contributed by atoms with van der Waals surface area (Å²) in [4.78, 5) is 12.6. The van der Waals surface area contributed by atoms with Crippen LogP contribution in [0.5, 0.6) is 5.75 Å². The number of hydrogen-bond acceptors (Lipinski definition) is 6. The van der Waals surface area contributed by atoms with Gasteiger partial charge in [-0.05, 0) is 12.1 Å². The number of likely N-dealkylation sites (N-methyl/N-ethyl adjacent to an activating group) is 1. The standard InChI is InChI=1S/C13H19N3O4/c1-15(9-11-8-14-5-6-20-11)12-4-3-10(19-2)7-13(12)16(17)18/h3-4,7,11,14H,5-6,8-9H2,1-2H3. The molecule has 0 aromatic heterocycles. The van der Waals surface area contributed by atoms with E-state index in [1.54, 1.807) is 12.1 Å². The molecule has 2 rings (SSSR count). The number of nitro benzene ring substituents is 1. The van der Waals surface area contributed by atoms with E-state index in [1.165, 1.54) is 13.2 Å². The summed E-state index contributed by atoms with van der Waals surface area (Å²) in [5.41, 5.74) is 0.598. The number of hydrogen-bond donors (Lipinski definition) is 1. The zero-order chi connectivity index (χ0) is 14.5. The molecule has 1 N–H and O–H groups in total. The lowest BCUT2D eigenvalue weighted by Gasteiger charge is -2.29. The highest BCUT2D eigenvalue weighted by Gasteiger charge is 2.22. The predicted octanol–water partition coefficient (Wildman–Crippen LogP) is 1.03. The topological polar surface area (TPSA) is 76.9 Å². The van der Waals surface area contributed by atoms with Crippen molar-refractivity contribution in [2.75, 3.05) is 45.3 Å². The summed E-state index contributed by atoms with van der Waals surface area (Å²) >= 11 is 0. The molecular weight excluding hydrogens is 262 g/mol. The van der Waals surface area contributed by atoms with Crippen molar-refractivity contribution in [3.63, 3.8) is 0 Å². The number of nitrogens with one attached hydrogen (secondary N) is 1. The van der Waals surface area contributed by atoms with Crippen LogP contribution in [0.2, 0.25) is 0 Å². The number of methoxy groups -OCH3 is 1. The third-order valence-electron chi connectivity index (χ3n) is 3.27. The summed E-state index contributed by atoms with van der Waals surface area (Å²) < 4.78 is 10.6. The predicted molar refractivity (Wildman–Crippen MR) is 75.5 cm³/mol. The molecule has 0 spiro atoms. The van der Waals surface area contributed by atoms with Gasteiger partial charge in [-0.25, -0.2) is 0 Å². The third-order valence-corrected chi connectivity index (χ3v) is 3.27. The van der Waals surface area contributed by atoms with Gasteiger partial charge in [0.25, 0.3) is 5.69 Å². The fourth-order valence-corrected chi connectivity index (χ4v) is 2.24. The van der Waals surface area contributed by atoms with Gasteiger partial charge < -0.3 is 19.7 Å². The minimum absolute atomic E-state index is 0.0375. The Hall–Kier alpha value is -1.86. The molecule has 1 aromatic carbocycles. The molecule has 1 heterocycles. The molecule has 1 unspecified atom stereocenters. The van der Waals surface area contributed by atoms with Gasteiger partial charge in [0, 0.05) is 26.7 Å². The number of ether oxygens (including phenoxy) is 2. The van der Waals surface area contributed by atoms with E-state index in [1.807, 2.05) is 11.9 Å². The molecule has 0 radical (unpaired) electrons. The molecule has 0 bridgehead atoms. The Morgan fingerprint density at radius 3 is 3.00 bits per heavy atom. The first-order valence-electron chi connectivity index (χ1n) is 6.47. The number of rotatable bonds is 5. The lowest BCUT2D eigenvalue weighted by atomic mass is 10.2. The van der Waals surface area contributed by atoms with Crippen LogP contribution in [0.15, 0.2) is 18.2 Å². The fourth-order valence-electron chi connectivity index (χ4n) is 2.24. The molecule has 1 saturated heterocycles. The van der Waals surface area contributed by atoms with E-state index in [0.717, 1.165) is 13.1 Å². The average molecular weight is 281 g/mol. The van der Waals surface area contributed by atoms with Crippen molar-refractivity contribution < 1.29 is 14.4 Å². The van der Waals surface area contributed by atoms with Gasteiger partial charge in [-0.15, -0.1) is 0 Å². The quantitative estimate of drug-likeness (QED) is 0.641. The Morgan fingerprint density at radius 1 is 1.60 bits per heavy atom. The number of morpholine rings is 1. The van der Waals surface area contributed by atoms with Crippen LogP contribution in [-0.4, -0.2) is 51.4 Å². The minimum Gasteiger partial charge on any atom is -0.496 e. The van der Waals surface area contributed by atoms with Gasteiger partial charge in [-0.2, -0.15) is 0 Å². The zero-order valence-electron chi connectivity index (χ0n) is 11.7. The molecule has 0 saturated carbocycles. The molecular formula is C13H19N3O4. The van der Waals surface area contributed by atoms with Crippen LogP contribution in [0.4, 0.5) is 11.4 Å². The summed E-state index contributed by atoms with van der Waals surface area (Å²) in [5, 5.41) is 14.4. The smallest absolute Gasteiger partial charge is 0.296 e. The Labute approximate surface area is 117 Å². The van der Waals surface area contributed by atoms with Crippen LogP contribution in [0.1, 0.15) is 0 Å². The normalized spacial score (nSPS) is 18.6. The van der Waals surface area contributed by atoms with E-state index in [0.29, 0.717) is 24.6 Å². The zero-order valence-corrected chi connectivity index (χ0v) is 11.7. The van der Waals surface area contributed by atoms with Gasteiger partial charge in [0.1, 0.15) is 11.4 Å². The molecule has 0 amide bonds. The van der Waals surface area contributed by atoms with Gasteiger partial charge in [0.15, 0.2) is 0 Å². The Balaban J connectivity index is 2.15. The lowest BCUT2D eigenvalue weighted by molar-refractivity contribution is -0.384. The maximum Gasteiger partial charge on any atom is 0.296 e. The molecule has 1 aliphatic heterocycles. The molecule has 1 atom stereocenters. The number of nitrogens with zero attached hydrogens (tertiary/aromatic N) is 2. The molecule has 1 aliphatic rings. The van der Waals surface area contributed by atoms with E-state index < -0.39 is 4.92 Å². The molecule has 1 fully saturated rings. The fraction of sp³-hybridized carbons (Fsp3) is 0.538. The van der Waals surface area contributed by atoms with E-state index in [2.05, 4.69) is 5.32 Å². The maximum atomic E-state index is 11.2. The Kier molecular flexibility index (Phi) is 4.75. The highest BCUT2D eigenvalue weighted by Crippen LogP contribution is 2.31. The first-order chi connectivity index (χ1) is 9.61. The SMILES string of the molecule is COc1ccc(N(C)CC2CNCCO2)c([N+](=O)[O-])c1. The Bertz CT molecular complexity index is 475. The highest BCUT2D eigenvalue weighted by atomic mass is 16.6. The second-order valence-corrected chi connectivity index (χ2v) is 4.69. The molecule has 7 heteroatoms. The first-order valence-corrected chi connectivity index (χ1v) is 6.47. The number of benzene rings is 1. The van der Waals surface area contributed by atoms with Crippen molar-refractivity contribution in [1.82, 2.24) is 5.32 Å². The third kappa shape index (κ3) is 3.37. The van der Waals surface area contributed by atoms with Gasteiger partial charge in [-0.3, -0.25) is 10.1 Å². The maximum absolute atomic E-state index is 11.2. The largest absolute Gasteiger partial charge is 0.496 e. The lowest BCUT2D eigenvalue weighted by Crippen LogP contribution is -2.44. The van der Waals surface area contributed by atoms with Crippen molar-refractivity contribution in [3.05, 3.63) is 28.3 Å². The van der Waals surface area contributed by atoms with Gasteiger partial charge in [0.05, 0.1) is 30.8 Å². The van der Waals surface area contributed by atoms with Crippen LogP contribution in [0.3, 0.4) is 0 Å². The summed E-state index contributed by atoms with van der Waals surface area (Å²) in [5.74, 6) is 0.476. The monoisotopic (exact) mass is 281 g/mol. The summed E-state index contributed by atoms with van der Waals surface area (Å²) in [6, 6.07) is 4.86. The van der Waals surface area contributed by atoms with Gasteiger partial charge in [-0.1, -0.05) is 0 Å². The van der Waals surface area contributed by atoms with Crippen LogP contribution in [0, 0.1) is 10.1 Å². The van der Waals surface area contributed by atoms with Crippen molar-refractivity contribution in [1.29, 1.82) is 0 Å². The van der Waals surface area contributed by atoms with Crippen LogP contribution < -0.4 is 15.0 Å². The van der Waals surface area contributed by atoms with Crippen LogP contribution in [0.25, 0.3) is 0 Å². The molecule has 20 heavy (non-hydrogen) atoms. The van der Waals surface area contributed by atoms with E-state index >= 15 is 0 Å². The number of nitro groups is 1. The van der Waals surface area contributed by atoms with Crippen molar-refractivity contribution in [3.8, 4) is 5.75 Å².